The summed E-state index contributed by atoms with van der Waals surface area (Å²) in [6.45, 7) is 9.59. The summed E-state index contributed by atoms with van der Waals surface area (Å²) >= 11 is 1.64. The Bertz CT molecular complexity index is 1230. The Morgan fingerprint density at radius 2 is 1.41 bits per heavy atom. The van der Waals surface area contributed by atoms with E-state index in [1.165, 1.54) is 13.8 Å². The molecule has 1 heterocycles. The number of hydrogen-bond donors (Lipinski definition) is 0. The standard InChI is InChI=1S/C33H40O6SSi/c1-24(34)37-30-21-29(39-32(30)23-40-26-15-9-6-10-16-26)31(38-25(2)35)22-36-41(33(3,4)5,27-17-11-7-12-18-27)28-19-13-8-14-20-28/h6-20,29-32H,21-23H2,1-5H3/t29-,30-,31+,32-/m0/s1. The van der Waals surface area contributed by atoms with E-state index in [9.17, 15) is 9.59 Å². The van der Waals surface area contributed by atoms with Crippen molar-refractivity contribution in [3.8, 4) is 0 Å². The first-order valence-electron chi connectivity index (χ1n) is 14.0. The third-order valence-corrected chi connectivity index (χ3v) is 13.4. The van der Waals surface area contributed by atoms with Gasteiger partial charge in [0.15, 0.2) is 0 Å². The average Bonchev–Trinajstić information content (AvgIpc) is 3.34. The monoisotopic (exact) mass is 592 g/mol. The smallest absolute Gasteiger partial charge is 0.303 e. The van der Waals surface area contributed by atoms with Gasteiger partial charge in [-0.1, -0.05) is 99.6 Å². The van der Waals surface area contributed by atoms with Crippen molar-refractivity contribution < 1.29 is 28.2 Å². The van der Waals surface area contributed by atoms with Crippen LogP contribution in [-0.2, 0) is 28.2 Å². The molecule has 0 spiro atoms. The van der Waals surface area contributed by atoms with E-state index < -0.39 is 32.6 Å². The van der Waals surface area contributed by atoms with Crippen LogP contribution in [0, 0.1) is 0 Å². The first-order valence-corrected chi connectivity index (χ1v) is 16.9. The van der Waals surface area contributed by atoms with Gasteiger partial charge in [0.25, 0.3) is 8.32 Å². The lowest BCUT2D eigenvalue weighted by Gasteiger charge is -2.43. The van der Waals surface area contributed by atoms with Crippen LogP contribution in [0.1, 0.15) is 41.0 Å². The maximum atomic E-state index is 12.3. The van der Waals surface area contributed by atoms with Gasteiger partial charge in [-0.05, 0) is 27.5 Å². The minimum Gasteiger partial charge on any atom is -0.460 e. The lowest BCUT2D eigenvalue weighted by atomic mass is 10.1. The molecule has 0 unspecified atom stereocenters. The molecule has 4 atom stereocenters. The van der Waals surface area contributed by atoms with E-state index in [0.717, 1.165) is 15.3 Å². The lowest BCUT2D eigenvalue weighted by Crippen LogP contribution is -2.67. The molecule has 1 aliphatic rings. The maximum Gasteiger partial charge on any atom is 0.303 e. The Morgan fingerprint density at radius 1 is 0.878 bits per heavy atom. The Morgan fingerprint density at radius 3 is 1.90 bits per heavy atom. The molecule has 3 aromatic carbocycles. The van der Waals surface area contributed by atoms with Gasteiger partial charge in [-0.3, -0.25) is 9.59 Å². The van der Waals surface area contributed by atoms with Crippen molar-refractivity contribution >= 4 is 42.4 Å². The van der Waals surface area contributed by atoms with Crippen molar-refractivity contribution in [2.75, 3.05) is 12.4 Å². The molecule has 41 heavy (non-hydrogen) atoms. The molecule has 0 amide bonds. The van der Waals surface area contributed by atoms with E-state index in [2.05, 4.69) is 45.0 Å². The zero-order valence-electron chi connectivity index (χ0n) is 24.4. The third-order valence-electron chi connectivity index (χ3n) is 7.32. The van der Waals surface area contributed by atoms with Crippen molar-refractivity contribution in [3.63, 3.8) is 0 Å². The Kier molecular flexibility index (Phi) is 10.5. The second kappa shape index (κ2) is 13.8. The summed E-state index contributed by atoms with van der Waals surface area (Å²) in [7, 11) is -2.87. The fourth-order valence-corrected chi connectivity index (χ4v) is 11.1. The molecule has 0 bridgehead atoms. The van der Waals surface area contributed by atoms with E-state index in [4.69, 9.17) is 18.6 Å². The van der Waals surface area contributed by atoms with Gasteiger partial charge in [0.1, 0.15) is 24.4 Å². The van der Waals surface area contributed by atoms with Crippen LogP contribution in [0.15, 0.2) is 95.9 Å². The van der Waals surface area contributed by atoms with Crippen LogP contribution in [0.5, 0.6) is 0 Å². The molecule has 0 aliphatic carbocycles. The van der Waals surface area contributed by atoms with Gasteiger partial charge in [-0.25, -0.2) is 0 Å². The van der Waals surface area contributed by atoms with Crippen LogP contribution in [0.3, 0.4) is 0 Å². The van der Waals surface area contributed by atoms with Gasteiger partial charge in [-0.2, -0.15) is 0 Å². The van der Waals surface area contributed by atoms with Crippen LogP contribution >= 0.6 is 11.8 Å². The predicted molar refractivity (Wildman–Crippen MR) is 165 cm³/mol. The van der Waals surface area contributed by atoms with Crippen molar-refractivity contribution in [3.05, 3.63) is 91.0 Å². The molecule has 0 radical (unpaired) electrons. The molecule has 4 rings (SSSR count). The largest absolute Gasteiger partial charge is 0.460 e. The summed E-state index contributed by atoms with van der Waals surface area (Å²) in [6, 6.07) is 30.7. The summed E-state index contributed by atoms with van der Waals surface area (Å²) in [5.74, 6) is -0.168. The molecule has 1 fully saturated rings. The number of carbonyl (C=O) groups excluding carboxylic acids is 2. The number of esters is 2. The number of hydrogen-bond acceptors (Lipinski definition) is 7. The highest BCUT2D eigenvalue weighted by atomic mass is 32.2. The third kappa shape index (κ3) is 7.68. The van der Waals surface area contributed by atoms with Crippen molar-refractivity contribution in [2.24, 2.45) is 0 Å². The SMILES string of the molecule is CC(=O)O[C@H]1C[C@@H]([C@@H](CO[Si](c2ccccc2)(c2ccccc2)C(C)(C)C)OC(C)=O)O[C@H]1CSc1ccccc1. The van der Waals surface area contributed by atoms with Gasteiger partial charge in [0.05, 0.1) is 6.61 Å². The Hall–Kier alpha value is -2.91. The van der Waals surface area contributed by atoms with Crippen LogP contribution in [-0.4, -0.2) is 57.0 Å². The lowest BCUT2D eigenvalue weighted by molar-refractivity contribution is -0.157. The highest BCUT2D eigenvalue weighted by molar-refractivity contribution is 7.99. The van der Waals surface area contributed by atoms with Gasteiger partial charge < -0.3 is 18.6 Å². The minimum absolute atomic E-state index is 0.156. The maximum absolute atomic E-state index is 12.3. The van der Waals surface area contributed by atoms with Crippen molar-refractivity contribution in [2.45, 2.75) is 75.4 Å². The molecule has 0 saturated carbocycles. The summed E-state index contributed by atoms with van der Waals surface area (Å²) in [5.41, 5.74) is 0. The topological polar surface area (TPSA) is 71.1 Å². The van der Waals surface area contributed by atoms with E-state index in [0.29, 0.717) is 12.2 Å². The summed E-state index contributed by atoms with van der Waals surface area (Å²) in [4.78, 5) is 25.4. The van der Waals surface area contributed by atoms with Gasteiger partial charge >= 0.3 is 11.9 Å². The molecule has 0 aromatic heterocycles. The quantitative estimate of drug-likeness (QED) is 0.168. The molecular formula is C33H40O6SSi. The van der Waals surface area contributed by atoms with Crippen LogP contribution < -0.4 is 10.4 Å². The molecule has 218 valence electrons. The predicted octanol–water partition coefficient (Wildman–Crippen LogP) is 5.38. The fourth-order valence-electron chi connectivity index (χ4n) is 5.57. The van der Waals surface area contributed by atoms with E-state index in [1.807, 2.05) is 66.7 Å². The molecule has 1 saturated heterocycles. The van der Waals surface area contributed by atoms with Gasteiger partial charge in [0, 0.05) is 30.9 Å². The zero-order valence-corrected chi connectivity index (χ0v) is 26.3. The van der Waals surface area contributed by atoms with E-state index in [1.54, 1.807) is 11.8 Å². The highest BCUT2D eigenvalue weighted by Gasteiger charge is 2.51. The average molecular weight is 593 g/mol. The van der Waals surface area contributed by atoms with E-state index >= 15 is 0 Å². The normalized spacial score (nSPS) is 19.9. The van der Waals surface area contributed by atoms with Crippen molar-refractivity contribution in [1.82, 2.24) is 0 Å². The number of thioether (sulfide) groups is 1. The van der Waals surface area contributed by atoms with Crippen molar-refractivity contribution in [1.29, 1.82) is 0 Å². The first-order chi connectivity index (χ1) is 19.6. The zero-order chi connectivity index (χ0) is 29.5. The molecule has 8 heteroatoms. The first kappa shape index (κ1) is 31.0. The van der Waals surface area contributed by atoms with Crippen LogP contribution in [0.4, 0.5) is 0 Å². The Balaban J connectivity index is 1.62. The molecule has 3 aromatic rings. The molecule has 6 nitrogen and oxygen atoms in total. The second-order valence-electron chi connectivity index (χ2n) is 11.3. The molecule has 0 N–H and O–H groups in total. The Labute approximate surface area is 248 Å². The number of benzene rings is 3. The van der Waals surface area contributed by atoms with Gasteiger partial charge in [0.2, 0.25) is 0 Å². The summed E-state index contributed by atoms with van der Waals surface area (Å²) in [5, 5.41) is 2.05. The molecule has 1 aliphatic heterocycles. The van der Waals surface area contributed by atoms with Gasteiger partial charge in [-0.15, -0.1) is 11.8 Å². The molecular weight excluding hydrogens is 553 g/mol. The van der Waals surface area contributed by atoms with E-state index in [-0.39, 0.29) is 23.7 Å². The number of rotatable bonds is 11. The number of carbonyl (C=O) groups is 2. The minimum atomic E-state index is -2.87. The number of ether oxygens (including phenoxy) is 3. The second-order valence-corrected chi connectivity index (χ2v) is 16.7. The summed E-state index contributed by atoms with van der Waals surface area (Å²) in [6.07, 6.45) is -1.52. The van der Waals surface area contributed by atoms with Crippen LogP contribution in [0.25, 0.3) is 0 Å². The fraction of sp³-hybridized carbons (Fsp3) is 0.394. The van der Waals surface area contributed by atoms with Crippen LogP contribution in [0.2, 0.25) is 5.04 Å². The summed E-state index contributed by atoms with van der Waals surface area (Å²) < 4.78 is 25.1. The highest BCUT2D eigenvalue weighted by Crippen LogP contribution is 2.38.